The lowest BCUT2D eigenvalue weighted by atomic mass is 9.78. The van der Waals surface area contributed by atoms with Crippen molar-refractivity contribution in [2.45, 2.75) is 24.8 Å². The second kappa shape index (κ2) is 7.87. The number of benzene rings is 2. The van der Waals surface area contributed by atoms with Crippen LogP contribution < -0.4 is 20.5 Å². The third-order valence-electron chi connectivity index (χ3n) is 6.02. The van der Waals surface area contributed by atoms with Gasteiger partial charge in [-0.1, -0.05) is 35.9 Å². The number of anilines is 2. The molecule has 2 atom stereocenters. The summed E-state index contributed by atoms with van der Waals surface area (Å²) in [6.07, 6.45) is 0.987. The molecular formula is C23H22ClN5O3. The number of nitrogens with zero attached hydrogens (tertiary/aromatic N) is 3. The van der Waals surface area contributed by atoms with E-state index in [1.54, 1.807) is 25.0 Å². The summed E-state index contributed by atoms with van der Waals surface area (Å²) in [6.45, 7) is 0. The van der Waals surface area contributed by atoms with Crippen LogP contribution in [0, 0.1) is 0 Å². The number of methoxy groups -OCH3 is 2. The second-order valence-electron chi connectivity index (χ2n) is 7.82. The van der Waals surface area contributed by atoms with Crippen LogP contribution in [-0.4, -0.2) is 34.8 Å². The Morgan fingerprint density at radius 3 is 2.66 bits per heavy atom. The zero-order chi connectivity index (χ0) is 22.4. The number of hydrogen-bond donors (Lipinski definition) is 2. The van der Waals surface area contributed by atoms with Gasteiger partial charge in [0.05, 0.1) is 14.2 Å². The highest BCUT2D eigenvalue weighted by Gasteiger charge is 2.40. The summed E-state index contributed by atoms with van der Waals surface area (Å²) >= 11 is 6.52. The molecule has 0 radical (unpaired) electrons. The number of hydrogen-bond acceptors (Lipinski definition) is 7. The van der Waals surface area contributed by atoms with Gasteiger partial charge >= 0.3 is 0 Å². The number of allylic oxidation sites excluding steroid dienone is 2. The number of ether oxygens (including phenoxy) is 2. The lowest BCUT2D eigenvalue weighted by molar-refractivity contribution is -0.116. The molecule has 32 heavy (non-hydrogen) atoms. The van der Waals surface area contributed by atoms with Crippen molar-refractivity contribution in [2.24, 2.45) is 0 Å². The Balaban J connectivity index is 1.59. The minimum absolute atomic E-state index is 0.0210. The third-order valence-corrected chi connectivity index (χ3v) is 6.36. The molecule has 5 rings (SSSR count). The van der Waals surface area contributed by atoms with Crippen LogP contribution in [0.25, 0.3) is 0 Å². The summed E-state index contributed by atoms with van der Waals surface area (Å²) in [5, 5.41) is 8.19. The van der Waals surface area contributed by atoms with Gasteiger partial charge in [-0.2, -0.15) is 4.98 Å². The monoisotopic (exact) mass is 451 g/mol. The summed E-state index contributed by atoms with van der Waals surface area (Å²) in [7, 11) is 3.20. The van der Waals surface area contributed by atoms with E-state index in [1.165, 1.54) is 0 Å². The molecule has 3 N–H and O–H groups in total. The minimum atomic E-state index is -0.487. The van der Waals surface area contributed by atoms with Crippen molar-refractivity contribution >= 4 is 29.3 Å². The van der Waals surface area contributed by atoms with Gasteiger partial charge in [-0.05, 0) is 36.1 Å². The lowest BCUT2D eigenvalue weighted by Crippen LogP contribution is -2.33. The van der Waals surface area contributed by atoms with Crippen LogP contribution in [0.4, 0.5) is 11.9 Å². The maximum absolute atomic E-state index is 13.5. The summed E-state index contributed by atoms with van der Waals surface area (Å²) < 4.78 is 12.4. The van der Waals surface area contributed by atoms with E-state index in [0.717, 1.165) is 16.8 Å². The SMILES string of the molecule is COc1ccc([C@@H]2CC(=O)C3=C(C2)Nc2nc(N)nn2[C@H]3c2ccccc2Cl)cc1OC. The predicted octanol–water partition coefficient (Wildman–Crippen LogP) is 3.95. The highest BCUT2D eigenvalue weighted by molar-refractivity contribution is 6.31. The van der Waals surface area contributed by atoms with Crippen molar-refractivity contribution in [3.8, 4) is 11.5 Å². The topological polar surface area (TPSA) is 104 Å². The number of carbonyl (C=O) groups excluding carboxylic acids is 1. The number of nitrogen functional groups attached to an aromatic ring is 1. The zero-order valence-electron chi connectivity index (χ0n) is 17.6. The van der Waals surface area contributed by atoms with E-state index >= 15 is 0 Å². The first-order valence-corrected chi connectivity index (χ1v) is 10.6. The Morgan fingerprint density at radius 2 is 1.91 bits per heavy atom. The molecule has 9 heteroatoms. The normalized spacial score (nSPS) is 19.8. The number of carbonyl (C=O) groups is 1. The fourth-order valence-electron chi connectivity index (χ4n) is 4.56. The van der Waals surface area contributed by atoms with Gasteiger partial charge in [-0.15, -0.1) is 5.10 Å². The standard InChI is InChI=1S/C23H22ClN5O3/c1-31-18-8-7-12(11-19(18)32-2)13-9-16-20(17(30)10-13)21(14-5-3-4-6-15(14)24)29-23(26-16)27-22(25)28-29/h3-8,11,13,21H,9-10H2,1-2H3,(H3,25,26,27,28)/t13-,21-/m0/s1. The Morgan fingerprint density at radius 1 is 1.12 bits per heavy atom. The van der Waals surface area contributed by atoms with E-state index in [0.29, 0.717) is 40.9 Å². The van der Waals surface area contributed by atoms with Crippen LogP contribution in [0.3, 0.4) is 0 Å². The first-order valence-electron chi connectivity index (χ1n) is 10.2. The number of nitrogens with two attached hydrogens (primary N) is 1. The largest absolute Gasteiger partial charge is 0.493 e. The second-order valence-corrected chi connectivity index (χ2v) is 8.23. The van der Waals surface area contributed by atoms with Crippen LogP contribution >= 0.6 is 11.6 Å². The third kappa shape index (κ3) is 3.27. The molecule has 0 unspecified atom stereocenters. The number of aromatic nitrogens is 3. The van der Waals surface area contributed by atoms with Crippen LogP contribution in [-0.2, 0) is 4.79 Å². The van der Waals surface area contributed by atoms with Gasteiger partial charge in [0, 0.05) is 28.3 Å². The molecule has 0 fully saturated rings. The number of Topliss-reactive ketones (excluding diaryl/α,β-unsaturated/α-hetero) is 1. The first-order chi connectivity index (χ1) is 15.5. The van der Waals surface area contributed by atoms with Gasteiger partial charge in [0.1, 0.15) is 6.04 Å². The molecule has 8 nitrogen and oxygen atoms in total. The molecule has 1 aromatic heterocycles. The van der Waals surface area contributed by atoms with Crippen molar-refractivity contribution in [3.63, 3.8) is 0 Å². The average Bonchev–Trinajstić information content (AvgIpc) is 3.17. The number of nitrogens with one attached hydrogen (secondary N) is 1. The van der Waals surface area contributed by atoms with Crippen molar-refractivity contribution in [1.82, 2.24) is 14.8 Å². The fourth-order valence-corrected chi connectivity index (χ4v) is 4.79. The van der Waals surface area contributed by atoms with Crippen LogP contribution in [0.5, 0.6) is 11.5 Å². The van der Waals surface area contributed by atoms with Gasteiger partial charge in [0.2, 0.25) is 11.9 Å². The molecular weight excluding hydrogens is 430 g/mol. The van der Waals surface area contributed by atoms with E-state index in [1.807, 2.05) is 36.4 Å². The molecule has 0 saturated heterocycles. The van der Waals surface area contributed by atoms with Crippen molar-refractivity contribution in [3.05, 3.63) is 69.9 Å². The molecule has 2 aromatic carbocycles. The summed E-state index contributed by atoms with van der Waals surface area (Å²) in [4.78, 5) is 17.8. The number of rotatable bonds is 4. The Bertz CT molecular complexity index is 1250. The van der Waals surface area contributed by atoms with Crippen molar-refractivity contribution in [1.29, 1.82) is 0 Å². The minimum Gasteiger partial charge on any atom is -0.493 e. The summed E-state index contributed by atoms with van der Waals surface area (Å²) in [6, 6.07) is 12.7. The van der Waals surface area contributed by atoms with Crippen LogP contribution in [0.1, 0.15) is 35.9 Å². The maximum atomic E-state index is 13.5. The van der Waals surface area contributed by atoms with Gasteiger partial charge in [0.15, 0.2) is 17.3 Å². The molecule has 2 heterocycles. The molecule has 0 spiro atoms. The number of ketones is 1. The van der Waals surface area contributed by atoms with Crippen LogP contribution in [0.15, 0.2) is 53.7 Å². The fraction of sp³-hybridized carbons (Fsp3) is 0.261. The molecule has 164 valence electrons. The van der Waals surface area contributed by atoms with Crippen LogP contribution in [0.2, 0.25) is 5.02 Å². The molecule has 1 aliphatic carbocycles. The maximum Gasteiger partial charge on any atom is 0.241 e. The molecule has 3 aromatic rings. The van der Waals surface area contributed by atoms with Crippen molar-refractivity contribution < 1.29 is 14.3 Å². The molecule has 2 aliphatic rings. The predicted molar refractivity (Wildman–Crippen MR) is 121 cm³/mol. The molecule has 1 aliphatic heterocycles. The average molecular weight is 452 g/mol. The number of halogens is 1. The Kier molecular flexibility index (Phi) is 5.01. The quantitative estimate of drug-likeness (QED) is 0.618. The van der Waals surface area contributed by atoms with Gasteiger partial charge < -0.3 is 20.5 Å². The Labute approximate surface area is 190 Å². The Hall–Kier alpha value is -3.52. The highest BCUT2D eigenvalue weighted by Crippen LogP contribution is 2.46. The highest BCUT2D eigenvalue weighted by atomic mass is 35.5. The van der Waals surface area contributed by atoms with E-state index in [9.17, 15) is 4.79 Å². The molecule has 0 bridgehead atoms. The first kappa shape index (κ1) is 20.4. The van der Waals surface area contributed by atoms with Gasteiger partial charge in [0.25, 0.3) is 0 Å². The van der Waals surface area contributed by atoms with Gasteiger partial charge in [-0.25, -0.2) is 4.68 Å². The van der Waals surface area contributed by atoms with E-state index in [-0.39, 0.29) is 17.6 Å². The van der Waals surface area contributed by atoms with E-state index in [2.05, 4.69) is 15.4 Å². The summed E-state index contributed by atoms with van der Waals surface area (Å²) in [5.74, 6) is 1.92. The zero-order valence-corrected chi connectivity index (χ0v) is 18.4. The molecule has 0 amide bonds. The van der Waals surface area contributed by atoms with Crippen molar-refractivity contribution in [2.75, 3.05) is 25.3 Å². The van der Waals surface area contributed by atoms with E-state index < -0.39 is 6.04 Å². The number of fused-ring (bicyclic) bond motifs is 1. The summed E-state index contributed by atoms with van der Waals surface area (Å²) in [5.41, 5.74) is 9.14. The molecule has 0 saturated carbocycles. The van der Waals surface area contributed by atoms with Gasteiger partial charge in [-0.3, -0.25) is 4.79 Å². The smallest absolute Gasteiger partial charge is 0.241 e. The van der Waals surface area contributed by atoms with E-state index in [4.69, 9.17) is 26.8 Å². The lowest BCUT2D eigenvalue weighted by Gasteiger charge is -2.35.